The van der Waals surface area contributed by atoms with Crippen LogP contribution in [-0.2, 0) is 6.54 Å². The van der Waals surface area contributed by atoms with Crippen LogP contribution in [0.25, 0.3) is 16.9 Å². The Morgan fingerprint density at radius 1 is 0.944 bits per heavy atom. The van der Waals surface area contributed by atoms with Crippen LogP contribution >= 0.6 is 0 Å². The molecule has 7 heteroatoms. The zero-order valence-electron chi connectivity index (χ0n) is 20.7. The van der Waals surface area contributed by atoms with Crippen molar-refractivity contribution in [3.05, 3.63) is 96.2 Å². The van der Waals surface area contributed by atoms with Gasteiger partial charge < -0.3 is 15.0 Å². The summed E-state index contributed by atoms with van der Waals surface area (Å²) in [7, 11) is 3.80. The first-order chi connectivity index (χ1) is 17.6. The molecule has 3 aromatic carbocycles. The van der Waals surface area contributed by atoms with Crippen molar-refractivity contribution < 1.29 is 9.53 Å². The Kier molecular flexibility index (Phi) is 7.11. The standard InChI is InChI=1S/C29H31N5O2/c1-32-15-17-33(18-16-32)20-22-7-6-8-24(19-22)30-29(35)27-21-34(25-9-4-3-5-10-25)31-28(27)23-11-13-26(36-2)14-12-23/h3-14,19,21H,15-18,20H2,1-2H3,(H,30,35). The Morgan fingerprint density at radius 2 is 1.69 bits per heavy atom. The van der Waals surface area contributed by atoms with E-state index in [1.807, 2.05) is 66.7 Å². The second-order valence-corrected chi connectivity index (χ2v) is 9.13. The van der Waals surface area contributed by atoms with Gasteiger partial charge in [-0.05, 0) is 61.1 Å². The first kappa shape index (κ1) is 23.8. The molecule has 0 aliphatic carbocycles. The van der Waals surface area contributed by atoms with Crippen molar-refractivity contribution in [1.82, 2.24) is 19.6 Å². The van der Waals surface area contributed by atoms with Crippen LogP contribution in [0.5, 0.6) is 5.75 Å². The van der Waals surface area contributed by atoms with Gasteiger partial charge in [-0.15, -0.1) is 0 Å². The number of amides is 1. The Balaban J connectivity index is 1.40. The smallest absolute Gasteiger partial charge is 0.259 e. The number of carbonyl (C=O) groups excluding carboxylic acids is 1. The highest BCUT2D eigenvalue weighted by molar-refractivity contribution is 6.08. The number of likely N-dealkylation sites (N-methyl/N-ethyl adjacent to an activating group) is 1. The first-order valence-corrected chi connectivity index (χ1v) is 12.2. The number of hydrogen-bond acceptors (Lipinski definition) is 5. The number of rotatable bonds is 7. The number of nitrogens with one attached hydrogen (secondary N) is 1. The zero-order valence-corrected chi connectivity index (χ0v) is 20.7. The molecule has 184 valence electrons. The van der Waals surface area contributed by atoms with E-state index in [0.717, 1.165) is 55.4 Å². The van der Waals surface area contributed by atoms with E-state index in [9.17, 15) is 4.79 Å². The fourth-order valence-electron chi connectivity index (χ4n) is 4.43. The number of carbonyl (C=O) groups is 1. The van der Waals surface area contributed by atoms with Crippen LogP contribution in [0.15, 0.2) is 85.1 Å². The molecule has 7 nitrogen and oxygen atoms in total. The van der Waals surface area contributed by atoms with E-state index in [1.54, 1.807) is 18.0 Å². The normalized spacial score (nSPS) is 14.5. The van der Waals surface area contributed by atoms with Gasteiger partial charge >= 0.3 is 0 Å². The number of nitrogens with zero attached hydrogens (tertiary/aromatic N) is 4. The van der Waals surface area contributed by atoms with E-state index in [2.05, 4.69) is 34.3 Å². The number of ether oxygens (including phenoxy) is 1. The quantitative estimate of drug-likeness (QED) is 0.420. The SMILES string of the molecule is COc1ccc(-c2nn(-c3ccccc3)cc2C(=O)Nc2cccc(CN3CCN(C)CC3)c2)cc1. The third-order valence-corrected chi connectivity index (χ3v) is 6.53. The fourth-order valence-corrected chi connectivity index (χ4v) is 4.43. The number of anilines is 1. The third-order valence-electron chi connectivity index (χ3n) is 6.53. The van der Waals surface area contributed by atoms with Crippen molar-refractivity contribution in [3.8, 4) is 22.7 Å². The summed E-state index contributed by atoms with van der Waals surface area (Å²) in [5, 5.41) is 7.87. The van der Waals surface area contributed by atoms with E-state index in [0.29, 0.717) is 11.3 Å². The molecule has 0 unspecified atom stereocenters. The maximum atomic E-state index is 13.5. The Bertz CT molecular complexity index is 1310. The number of methoxy groups -OCH3 is 1. The summed E-state index contributed by atoms with van der Waals surface area (Å²) in [6.07, 6.45) is 1.79. The highest BCUT2D eigenvalue weighted by Crippen LogP contribution is 2.27. The topological polar surface area (TPSA) is 62.6 Å². The van der Waals surface area contributed by atoms with Gasteiger partial charge in [-0.25, -0.2) is 4.68 Å². The molecule has 1 N–H and O–H groups in total. The molecule has 1 aliphatic heterocycles. The molecule has 36 heavy (non-hydrogen) atoms. The van der Waals surface area contributed by atoms with Crippen molar-refractivity contribution in [2.75, 3.05) is 45.7 Å². The molecule has 2 heterocycles. The predicted molar refractivity (Wildman–Crippen MR) is 143 cm³/mol. The molecule has 5 rings (SSSR count). The van der Waals surface area contributed by atoms with Crippen molar-refractivity contribution in [2.45, 2.75) is 6.54 Å². The third kappa shape index (κ3) is 5.48. The summed E-state index contributed by atoms with van der Waals surface area (Å²) in [5.74, 6) is 0.559. The van der Waals surface area contributed by atoms with Crippen molar-refractivity contribution >= 4 is 11.6 Å². The van der Waals surface area contributed by atoms with Gasteiger partial charge in [0, 0.05) is 50.2 Å². The van der Waals surface area contributed by atoms with Gasteiger partial charge in [-0.1, -0.05) is 30.3 Å². The molecule has 1 saturated heterocycles. The predicted octanol–water partition coefficient (Wildman–Crippen LogP) is 4.55. The van der Waals surface area contributed by atoms with Gasteiger partial charge in [0.15, 0.2) is 0 Å². The van der Waals surface area contributed by atoms with E-state index >= 15 is 0 Å². The van der Waals surface area contributed by atoms with Gasteiger partial charge in [0.1, 0.15) is 11.4 Å². The van der Waals surface area contributed by atoms with Crippen molar-refractivity contribution in [3.63, 3.8) is 0 Å². The Labute approximate surface area is 211 Å². The van der Waals surface area contributed by atoms with Crippen LogP contribution in [0.3, 0.4) is 0 Å². The summed E-state index contributed by atoms with van der Waals surface area (Å²) in [5.41, 5.74) is 4.83. The molecule has 0 spiro atoms. The minimum absolute atomic E-state index is 0.195. The number of hydrogen-bond donors (Lipinski definition) is 1. The monoisotopic (exact) mass is 481 g/mol. The lowest BCUT2D eigenvalue weighted by atomic mass is 10.1. The second-order valence-electron chi connectivity index (χ2n) is 9.13. The van der Waals surface area contributed by atoms with Crippen LogP contribution in [0.1, 0.15) is 15.9 Å². The van der Waals surface area contributed by atoms with Crippen LogP contribution in [0, 0.1) is 0 Å². The highest BCUT2D eigenvalue weighted by atomic mass is 16.5. The second kappa shape index (κ2) is 10.8. The largest absolute Gasteiger partial charge is 0.497 e. The minimum Gasteiger partial charge on any atom is -0.497 e. The molecule has 0 saturated carbocycles. The molecule has 0 bridgehead atoms. The van der Waals surface area contributed by atoms with Gasteiger partial charge in [-0.3, -0.25) is 9.69 Å². The fraction of sp³-hybridized carbons (Fsp3) is 0.241. The molecule has 1 aliphatic rings. The summed E-state index contributed by atoms with van der Waals surface area (Å²) in [6.45, 7) is 5.14. The Morgan fingerprint density at radius 3 is 2.42 bits per heavy atom. The lowest BCUT2D eigenvalue weighted by molar-refractivity contribution is 0.102. The van der Waals surface area contributed by atoms with Gasteiger partial charge in [-0.2, -0.15) is 5.10 Å². The molecular formula is C29H31N5O2. The number of piperazine rings is 1. The Hall–Kier alpha value is -3.94. The van der Waals surface area contributed by atoms with Gasteiger partial charge in [0.05, 0.1) is 18.4 Å². The molecule has 0 radical (unpaired) electrons. The molecule has 1 amide bonds. The summed E-state index contributed by atoms with van der Waals surface area (Å²) >= 11 is 0. The van der Waals surface area contributed by atoms with Crippen LogP contribution in [0.4, 0.5) is 5.69 Å². The van der Waals surface area contributed by atoms with Crippen LogP contribution < -0.4 is 10.1 Å². The maximum Gasteiger partial charge on any atom is 0.259 e. The summed E-state index contributed by atoms with van der Waals surface area (Å²) in [4.78, 5) is 18.3. The van der Waals surface area contributed by atoms with E-state index in [4.69, 9.17) is 9.84 Å². The summed E-state index contributed by atoms with van der Waals surface area (Å²) in [6, 6.07) is 25.5. The molecule has 1 aromatic heterocycles. The lowest BCUT2D eigenvalue weighted by Gasteiger charge is -2.32. The van der Waals surface area contributed by atoms with E-state index < -0.39 is 0 Å². The number of aromatic nitrogens is 2. The zero-order chi connectivity index (χ0) is 24.9. The van der Waals surface area contributed by atoms with Gasteiger partial charge in [0.2, 0.25) is 0 Å². The van der Waals surface area contributed by atoms with Crippen LogP contribution in [-0.4, -0.2) is 65.8 Å². The minimum atomic E-state index is -0.195. The van der Waals surface area contributed by atoms with Gasteiger partial charge in [0.25, 0.3) is 5.91 Å². The van der Waals surface area contributed by atoms with E-state index in [1.165, 1.54) is 5.56 Å². The van der Waals surface area contributed by atoms with Crippen LogP contribution in [0.2, 0.25) is 0 Å². The average molecular weight is 482 g/mol. The molecular weight excluding hydrogens is 450 g/mol. The lowest BCUT2D eigenvalue weighted by Crippen LogP contribution is -2.43. The maximum absolute atomic E-state index is 13.5. The molecule has 4 aromatic rings. The molecule has 0 atom stereocenters. The van der Waals surface area contributed by atoms with Crippen molar-refractivity contribution in [2.24, 2.45) is 0 Å². The molecule has 1 fully saturated rings. The number of para-hydroxylation sites is 1. The first-order valence-electron chi connectivity index (χ1n) is 12.2. The highest BCUT2D eigenvalue weighted by Gasteiger charge is 2.20. The summed E-state index contributed by atoms with van der Waals surface area (Å²) < 4.78 is 7.04. The average Bonchev–Trinajstić information content (AvgIpc) is 3.37. The van der Waals surface area contributed by atoms with E-state index in [-0.39, 0.29) is 5.91 Å². The number of benzene rings is 3. The van der Waals surface area contributed by atoms with Crippen molar-refractivity contribution in [1.29, 1.82) is 0 Å².